The lowest BCUT2D eigenvalue weighted by Gasteiger charge is -2.44. The lowest BCUT2D eigenvalue weighted by molar-refractivity contribution is -0.136. The van der Waals surface area contributed by atoms with Gasteiger partial charge in [-0.2, -0.15) is 0 Å². The maximum atomic E-state index is 12.7. The Labute approximate surface area is 148 Å². The topological polar surface area (TPSA) is 107 Å². The van der Waals surface area contributed by atoms with Crippen molar-refractivity contribution < 1.29 is 24.3 Å². The molecule has 0 aliphatic carbocycles. The van der Waals surface area contributed by atoms with Crippen LogP contribution in [0.4, 0.5) is 5.69 Å². The fourth-order valence-corrected chi connectivity index (χ4v) is 3.51. The van der Waals surface area contributed by atoms with Crippen LogP contribution in [0.5, 0.6) is 0 Å². The van der Waals surface area contributed by atoms with Gasteiger partial charge in [0.1, 0.15) is 6.04 Å². The molecule has 1 unspecified atom stereocenters. The summed E-state index contributed by atoms with van der Waals surface area (Å²) in [7, 11) is 0. The number of carbonyl (C=O) groups excluding carboxylic acids is 4. The number of anilines is 1. The monoisotopic (exact) mass is 353 g/mol. The van der Waals surface area contributed by atoms with Crippen LogP contribution in [0.25, 0.3) is 0 Å². The van der Waals surface area contributed by atoms with Crippen LogP contribution in [0.2, 0.25) is 0 Å². The second-order valence-corrected chi connectivity index (χ2v) is 6.71. The van der Waals surface area contributed by atoms with Crippen LogP contribution < -0.4 is 10.2 Å². The molecule has 0 bridgehead atoms. The van der Waals surface area contributed by atoms with Crippen LogP contribution in [0.1, 0.15) is 33.6 Å². The van der Waals surface area contributed by atoms with E-state index in [1.54, 1.807) is 17.0 Å². The maximum absolute atomic E-state index is 12.7. The van der Waals surface area contributed by atoms with Gasteiger partial charge in [-0.1, -0.05) is 5.92 Å². The molecule has 3 aliphatic heterocycles. The van der Waals surface area contributed by atoms with Crippen molar-refractivity contribution in [2.24, 2.45) is 0 Å². The first kappa shape index (κ1) is 16.3. The molecular weight excluding hydrogens is 338 g/mol. The number of rotatable bonds is 2. The molecule has 2 N–H and O–H groups in total. The number of aliphatic hydroxyl groups is 1. The molecule has 1 aromatic rings. The maximum Gasteiger partial charge on any atom is 0.262 e. The number of benzene rings is 1. The first-order valence-corrected chi connectivity index (χ1v) is 8.14. The largest absolute Gasteiger partial charge is 0.374 e. The zero-order valence-corrected chi connectivity index (χ0v) is 13.7. The van der Waals surface area contributed by atoms with E-state index in [1.807, 2.05) is 0 Å². The van der Waals surface area contributed by atoms with Crippen molar-refractivity contribution in [3.63, 3.8) is 0 Å². The number of β-amino-alcohol motifs (C(OH)–C–C–N with tert-alkyl or cyclic N) is 1. The molecule has 0 aromatic heterocycles. The third-order valence-electron chi connectivity index (χ3n) is 4.96. The summed E-state index contributed by atoms with van der Waals surface area (Å²) in [6.45, 7) is 0.475. The van der Waals surface area contributed by atoms with Crippen LogP contribution in [0.15, 0.2) is 18.2 Å². The van der Waals surface area contributed by atoms with Crippen molar-refractivity contribution >= 4 is 29.3 Å². The summed E-state index contributed by atoms with van der Waals surface area (Å²) in [4.78, 5) is 51.4. The summed E-state index contributed by atoms with van der Waals surface area (Å²) in [6, 6.07) is 3.79. The Bertz CT molecular complexity index is 910. The molecule has 4 amide bonds. The fraction of sp³-hybridized carbons (Fsp3) is 0.333. The van der Waals surface area contributed by atoms with Crippen LogP contribution in [0.3, 0.4) is 0 Å². The van der Waals surface area contributed by atoms with Gasteiger partial charge in [-0.3, -0.25) is 29.4 Å². The highest BCUT2D eigenvalue weighted by Crippen LogP contribution is 2.33. The predicted octanol–water partition coefficient (Wildman–Crippen LogP) is -0.728. The second-order valence-electron chi connectivity index (χ2n) is 6.71. The number of piperidine rings is 1. The number of nitrogens with zero attached hydrogens (tertiary/aromatic N) is 2. The Kier molecular flexibility index (Phi) is 3.39. The number of imide groups is 2. The van der Waals surface area contributed by atoms with Gasteiger partial charge in [-0.15, -0.1) is 6.42 Å². The van der Waals surface area contributed by atoms with Gasteiger partial charge in [0.25, 0.3) is 11.8 Å². The zero-order chi connectivity index (χ0) is 18.6. The normalized spacial score (nSPS) is 24.1. The molecule has 3 heterocycles. The molecule has 8 heteroatoms. The minimum atomic E-state index is -1.18. The first-order chi connectivity index (χ1) is 12.3. The molecule has 0 spiro atoms. The van der Waals surface area contributed by atoms with E-state index in [4.69, 9.17) is 6.42 Å². The van der Waals surface area contributed by atoms with Gasteiger partial charge >= 0.3 is 0 Å². The van der Waals surface area contributed by atoms with Crippen molar-refractivity contribution in [1.29, 1.82) is 0 Å². The number of nitrogens with one attached hydrogen (secondary N) is 1. The quantitative estimate of drug-likeness (QED) is 0.536. The third-order valence-corrected chi connectivity index (χ3v) is 4.96. The van der Waals surface area contributed by atoms with Gasteiger partial charge < -0.3 is 10.0 Å². The summed E-state index contributed by atoms with van der Waals surface area (Å²) < 4.78 is 0. The highest BCUT2D eigenvalue weighted by atomic mass is 16.3. The zero-order valence-electron chi connectivity index (χ0n) is 13.7. The Hall–Kier alpha value is -3.18. The minimum Gasteiger partial charge on any atom is -0.374 e. The van der Waals surface area contributed by atoms with Crippen LogP contribution in [-0.2, 0) is 9.59 Å². The van der Waals surface area contributed by atoms with Gasteiger partial charge in [0.2, 0.25) is 11.8 Å². The van der Waals surface area contributed by atoms with E-state index in [-0.39, 0.29) is 37.1 Å². The summed E-state index contributed by atoms with van der Waals surface area (Å²) in [5.74, 6) is 0.155. The molecule has 0 saturated carbocycles. The lowest BCUT2D eigenvalue weighted by Crippen LogP contribution is -2.61. The SMILES string of the molecule is C#CC1(O)CN(c2ccc3c(c2)C(=O)N(C2CCC(=O)NC2=O)C3=O)C1. The van der Waals surface area contributed by atoms with Gasteiger partial charge in [0, 0.05) is 12.1 Å². The number of hydrogen-bond acceptors (Lipinski definition) is 6. The lowest BCUT2D eigenvalue weighted by atomic mass is 9.94. The molecule has 4 rings (SSSR count). The van der Waals surface area contributed by atoms with E-state index in [0.29, 0.717) is 5.69 Å². The van der Waals surface area contributed by atoms with Gasteiger partial charge in [0.05, 0.1) is 24.2 Å². The molecule has 132 valence electrons. The van der Waals surface area contributed by atoms with Crippen LogP contribution in [-0.4, -0.2) is 58.4 Å². The Balaban J connectivity index is 1.60. The molecular formula is C18H15N3O5. The second kappa shape index (κ2) is 5.41. The molecule has 1 atom stereocenters. The van der Waals surface area contributed by atoms with Crippen LogP contribution >= 0.6 is 0 Å². The number of fused-ring (bicyclic) bond motifs is 1. The van der Waals surface area contributed by atoms with Gasteiger partial charge in [-0.25, -0.2) is 0 Å². The summed E-state index contributed by atoms with van der Waals surface area (Å²) >= 11 is 0. The van der Waals surface area contributed by atoms with E-state index in [1.165, 1.54) is 6.07 Å². The molecule has 2 fully saturated rings. The minimum absolute atomic E-state index is 0.0769. The highest BCUT2D eigenvalue weighted by molar-refractivity contribution is 6.23. The van der Waals surface area contributed by atoms with E-state index in [2.05, 4.69) is 11.2 Å². The predicted molar refractivity (Wildman–Crippen MR) is 89.1 cm³/mol. The van der Waals surface area contributed by atoms with Gasteiger partial charge in [0.15, 0.2) is 5.60 Å². The number of terminal acetylenes is 1. The molecule has 26 heavy (non-hydrogen) atoms. The van der Waals surface area contributed by atoms with Gasteiger partial charge in [-0.05, 0) is 24.6 Å². The third kappa shape index (κ3) is 2.29. The summed E-state index contributed by atoms with van der Waals surface area (Å²) in [5.41, 5.74) is -0.100. The smallest absolute Gasteiger partial charge is 0.262 e. The first-order valence-electron chi connectivity index (χ1n) is 8.14. The van der Waals surface area contributed by atoms with Crippen molar-refractivity contribution in [2.75, 3.05) is 18.0 Å². The molecule has 8 nitrogen and oxygen atoms in total. The van der Waals surface area contributed by atoms with Crippen molar-refractivity contribution in [3.05, 3.63) is 29.3 Å². The summed E-state index contributed by atoms with van der Waals surface area (Å²) in [6.07, 6.45) is 5.46. The molecule has 3 aliphatic rings. The van der Waals surface area contributed by atoms with Crippen molar-refractivity contribution in [2.45, 2.75) is 24.5 Å². The average molecular weight is 353 g/mol. The van der Waals surface area contributed by atoms with Crippen molar-refractivity contribution in [3.8, 4) is 12.3 Å². The standard InChI is InChI=1S/C18H15N3O5/c1-2-18(26)8-20(9-18)10-3-4-11-12(7-10)17(25)21(16(11)24)13-5-6-14(22)19-15(13)23/h1,3-4,7,13,26H,5-6,8-9H2,(H,19,22,23). The molecule has 0 radical (unpaired) electrons. The van der Waals surface area contributed by atoms with E-state index >= 15 is 0 Å². The van der Waals surface area contributed by atoms with E-state index in [0.717, 1.165) is 4.90 Å². The number of carbonyl (C=O) groups is 4. The number of hydrogen-bond donors (Lipinski definition) is 2. The number of amides is 4. The highest BCUT2D eigenvalue weighted by Gasteiger charge is 2.45. The average Bonchev–Trinajstić information content (AvgIpc) is 2.83. The Morgan fingerprint density at radius 3 is 2.50 bits per heavy atom. The Morgan fingerprint density at radius 1 is 1.15 bits per heavy atom. The van der Waals surface area contributed by atoms with Crippen molar-refractivity contribution in [1.82, 2.24) is 10.2 Å². The molecule has 2 saturated heterocycles. The summed E-state index contributed by atoms with van der Waals surface area (Å²) in [5, 5.41) is 12.1. The fourth-order valence-electron chi connectivity index (χ4n) is 3.51. The van der Waals surface area contributed by atoms with Crippen LogP contribution in [0, 0.1) is 12.3 Å². The van der Waals surface area contributed by atoms with E-state index in [9.17, 15) is 24.3 Å². The molecule has 1 aromatic carbocycles. The Morgan fingerprint density at radius 2 is 1.85 bits per heavy atom. The van der Waals surface area contributed by atoms with E-state index < -0.39 is 35.3 Å².